The fourth-order valence-corrected chi connectivity index (χ4v) is 2.78. The van der Waals surface area contributed by atoms with Crippen molar-refractivity contribution in [3.05, 3.63) is 11.6 Å². The van der Waals surface area contributed by atoms with E-state index in [2.05, 4.69) is 24.9 Å². The summed E-state index contributed by atoms with van der Waals surface area (Å²) in [5.41, 5.74) is 1.63. The van der Waals surface area contributed by atoms with Crippen LogP contribution in [-0.4, -0.2) is 25.0 Å². The Bertz CT molecular complexity index is 195. The minimum atomic E-state index is 0.850. The van der Waals surface area contributed by atoms with E-state index in [0.29, 0.717) is 0 Å². The predicted octanol–water partition coefficient (Wildman–Crippen LogP) is 2.29. The van der Waals surface area contributed by atoms with E-state index in [9.17, 15) is 0 Å². The van der Waals surface area contributed by atoms with Gasteiger partial charge in [-0.15, -0.1) is 0 Å². The molecule has 1 fully saturated rings. The minimum Gasteiger partial charge on any atom is -0.305 e. The molecule has 2 atom stereocenters. The van der Waals surface area contributed by atoms with E-state index in [1.165, 1.54) is 32.4 Å². The van der Waals surface area contributed by atoms with E-state index in [0.717, 1.165) is 11.8 Å². The van der Waals surface area contributed by atoms with Gasteiger partial charge in [0.2, 0.25) is 0 Å². The van der Waals surface area contributed by atoms with Gasteiger partial charge in [0, 0.05) is 13.1 Å². The third-order valence-electron chi connectivity index (χ3n) is 3.19. The number of fused-ring (bicyclic) bond motifs is 3. The minimum absolute atomic E-state index is 0.850. The van der Waals surface area contributed by atoms with Gasteiger partial charge in [0.15, 0.2) is 0 Å². The van der Waals surface area contributed by atoms with Gasteiger partial charge in [-0.3, -0.25) is 0 Å². The summed E-state index contributed by atoms with van der Waals surface area (Å²) in [4.78, 5) is 2.51. The molecule has 0 amide bonds. The lowest BCUT2D eigenvalue weighted by atomic mass is 9.98. The lowest BCUT2D eigenvalue weighted by Crippen LogP contribution is -2.28. The first kappa shape index (κ1) is 8.31. The SMILES string of the molecule is CC1=CC2CCC(C1)CN(C)C2. The van der Waals surface area contributed by atoms with Gasteiger partial charge in [-0.2, -0.15) is 0 Å². The molecule has 0 N–H and O–H groups in total. The van der Waals surface area contributed by atoms with Crippen LogP contribution in [0.5, 0.6) is 0 Å². The number of nitrogens with zero attached hydrogens (tertiary/aromatic N) is 1. The van der Waals surface area contributed by atoms with Crippen molar-refractivity contribution >= 4 is 0 Å². The van der Waals surface area contributed by atoms with E-state index in [4.69, 9.17) is 0 Å². The Morgan fingerprint density at radius 2 is 2.17 bits per heavy atom. The van der Waals surface area contributed by atoms with E-state index < -0.39 is 0 Å². The van der Waals surface area contributed by atoms with Crippen molar-refractivity contribution in [2.24, 2.45) is 11.8 Å². The average molecular weight is 165 g/mol. The van der Waals surface area contributed by atoms with Crippen molar-refractivity contribution in [3.63, 3.8) is 0 Å². The van der Waals surface area contributed by atoms with Gasteiger partial charge >= 0.3 is 0 Å². The molecule has 0 saturated carbocycles. The zero-order valence-corrected chi connectivity index (χ0v) is 8.21. The predicted molar refractivity (Wildman–Crippen MR) is 52.1 cm³/mol. The highest BCUT2D eigenvalue weighted by Gasteiger charge is 2.24. The second-order valence-electron chi connectivity index (χ2n) is 4.64. The molecule has 68 valence electrons. The van der Waals surface area contributed by atoms with Crippen LogP contribution in [0.1, 0.15) is 26.2 Å². The number of hydrogen-bond acceptors (Lipinski definition) is 1. The molecule has 0 aromatic heterocycles. The number of hydrogen-bond donors (Lipinski definition) is 0. The first-order valence-corrected chi connectivity index (χ1v) is 5.10. The summed E-state index contributed by atoms with van der Waals surface area (Å²) in [5, 5.41) is 0. The van der Waals surface area contributed by atoms with Gasteiger partial charge in [0.05, 0.1) is 0 Å². The van der Waals surface area contributed by atoms with Gasteiger partial charge in [0.1, 0.15) is 0 Å². The van der Waals surface area contributed by atoms with Crippen LogP contribution < -0.4 is 0 Å². The monoisotopic (exact) mass is 165 g/mol. The molecule has 0 spiro atoms. The van der Waals surface area contributed by atoms with Gasteiger partial charge in [0.25, 0.3) is 0 Å². The fraction of sp³-hybridized carbons (Fsp3) is 0.818. The number of likely N-dealkylation sites (tertiary alicyclic amines) is 1. The summed E-state index contributed by atoms with van der Waals surface area (Å²) in [5.74, 6) is 1.79. The molecule has 2 bridgehead atoms. The molecule has 1 aliphatic heterocycles. The normalized spacial score (nSPS) is 37.3. The molecule has 0 aromatic carbocycles. The van der Waals surface area contributed by atoms with Crippen molar-refractivity contribution in [1.29, 1.82) is 0 Å². The van der Waals surface area contributed by atoms with Crippen LogP contribution in [0.3, 0.4) is 0 Å². The molecule has 1 heteroatoms. The van der Waals surface area contributed by atoms with Crippen LogP contribution in [0, 0.1) is 11.8 Å². The van der Waals surface area contributed by atoms with E-state index in [1.807, 2.05) is 0 Å². The zero-order chi connectivity index (χ0) is 8.55. The summed E-state index contributed by atoms with van der Waals surface area (Å²) < 4.78 is 0. The van der Waals surface area contributed by atoms with E-state index in [1.54, 1.807) is 5.57 Å². The topological polar surface area (TPSA) is 3.24 Å². The molecule has 2 unspecified atom stereocenters. The van der Waals surface area contributed by atoms with Gasteiger partial charge in [-0.1, -0.05) is 11.6 Å². The maximum Gasteiger partial charge on any atom is 0.00415 e. The summed E-state index contributed by atoms with van der Waals surface area (Å²) in [6.45, 7) is 4.91. The van der Waals surface area contributed by atoms with E-state index in [-0.39, 0.29) is 0 Å². The summed E-state index contributed by atoms with van der Waals surface area (Å²) in [6, 6.07) is 0. The lowest BCUT2D eigenvalue weighted by Gasteiger charge is -2.23. The number of allylic oxidation sites excluding steroid dienone is 1. The van der Waals surface area contributed by atoms with Crippen molar-refractivity contribution in [2.45, 2.75) is 26.2 Å². The smallest absolute Gasteiger partial charge is 0.00415 e. The standard InChI is InChI=1S/C11H19N/c1-9-5-10-3-4-11(6-9)8-12(2)7-10/h5,10-11H,3-4,6-8H2,1-2H3. The molecule has 0 aromatic rings. The first-order chi connectivity index (χ1) is 5.74. The quantitative estimate of drug-likeness (QED) is 0.498. The third-order valence-corrected chi connectivity index (χ3v) is 3.19. The Balaban J connectivity index is 2.18. The molecule has 0 radical (unpaired) electrons. The summed E-state index contributed by atoms with van der Waals surface area (Å²) >= 11 is 0. The first-order valence-electron chi connectivity index (χ1n) is 5.10. The Morgan fingerprint density at radius 1 is 1.33 bits per heavy atom. The van der Waals surface area contributed by atoms with Crippen molar-refractivity contribution in [3.8, 4) is 0 Å². The summed E-state index contributed by atoms with van der Waals surface area (Å²) in [6.07, 6.45) is 6.73. The Kier molecular flexibility index (Phi) is 2.22. The molecule has 1 heterocycles. The second kappa shape index (κ2) is 3.21. The second-order valence-corrected chi connectivity index (χ2v) is 4.64. The molecular weight excluding hydrogens is 146 g/mol. The van der Waals surface area contributed by atoms with Crippen LogP contribution in [0.2, 0.25) is 0 Å². The molecule has 1 nitrogen and oxygen atoms in total. The van der Waals surface area contributed by atoms with E-state index >= 15 is 0 Å². The molecular formula is C11H19N. The largest absolute Gasteiger partial charge is 0.305 e. The van der Waals surface area contributed by atoms with Gasteiger partial charge in [-0.25, -0.2) is 0 Å². The maximum atomic E-state index is 2.51. The van der Waals surface area contributed by atoms with Crippen LogP contribution >= 0.6 is 0 Å². The Hall–Kier alpha value is -0.300. The van der Waals surface area contributed by atoms with Crippen molar-refractivity contribution < 1.29 is 0 Å². The third kappa shape index (κ3) is 1.71. The molecule has 2 aliphatic rings. The van der Waals surface area contributed by atoms with Gasteiger partial charge in [-0.05, 0) is 45.1 Å². The zero-order valence-electron chi connectivity index (χ0n) is 8.21. The molecule has 12 heavy (non-hydrogen) atoms. The fourth-order valence-electron chi connectivity index (χ4n) is 2.78. The molecule has 1 saturated heterocycles. The summed E-state index contributed by atoms with van der Waals surface area (Å²) in [7, 11) is 2.26. The Morgan fingerprint density at radius 3 is 3.00 bits per heavy atom. The van der Waals surface area contributed by atoms with Crippen LogP contribution in [0.25, 0.3) is 0 Å². The van der Waals surface area contributed by atoms with Crippen LogP contribution in [-0.2, 0) is 0 Å². The van der Waals surface area contributed by atoms with Crippen molar-refractivity contribution in [1.82, 2.24) is 4.90 Å². The average Bonchev–Trinajstić information content (AvgIpc) is 2.18. The highest BCUT2D eigenvalue weighted by molar-refractivity contribution is 5.07. The highest BCUT2D eigenvalue weighted by Crippen LogP contribution is 2.30. The molecule has 1 aliphatic carbocycles. The molecule has 2 rings (SSSR count). The maximum absolute atomic E-state index is 2.51. The van der Waals surface area contributed by atoms with Crippen molar-refractivity contribution in [2.75, 3.05) is 20.1 Å². The lowest BCUT2D eigenvalue weighted by molar-refractivity contribution is 0.280. The number of rotatable bonds is 0. The van der Waals surface area contributed by atoms with Gasteiger partial charge < -0.3 is 4.90 Å². The highest BCUT2D eigenvalue weighted by atomic mass is 15.1. The Labute approximate surface area is 75.4 Å². The van der Waals surface area contributed by atoms with Crippen LogP contribution in [0.4, 0.5) is 0 Å². The van der Waals surface area contributed by atoms with Crippen LogP contribution in [0.15, 0.2) is 11.6 Å².